The summed E-state index contributed by atoms with van der Waals surface area (Å²) in [6.07, 6.45) is 18.9. The van der Waals surface area contributed by atoms with Gasteiger partial charge in [0.1, 0.15) is 6.33 Å². The summed E-state index contributed by atoms with van der Waals surface area (Å²) in [5.74, 6) is 0.237. The average molecular weight is 769 g/mol. The fourth-order valence-corrected chi connectivity index (χ4v) is 8.19. The van der Waals surface area contributed by atoms with Crippen LogP contribution in [0.1, 0.15) is 23.5 Å². The monoisotopic (exact) mass is 768 g/mol. The Bertz CT molecular complexity index is 3010. The molecule has 0 fully saturated rings. The molecule has 9 aromatic rings. The van der Waals surface area contributed by atoms with E-state index in [1.54, 1.807) is 6.33 Å². The third-order valence-corrected chi connectivity index (χ3v) is 11.3. The van der Waals surface area contributed by atoms with Crippen molar-refractivity contribution >= 4 is 5.57 Å². The summed E-state index contributed by atoms with van der Waals surface area (Å²) in [4.78, 5) is 17.5. The van der Waals surface area contributed by atoms with Crippen molar-refractivity contribution in [2.75, 3.05) is 0 Å². The summed E-state index contributed by atoms with van der Waals surface area (Å²) < 4.78 is 0. The molecule has 0 spiro atoms. The third-order valence-electron chi connectivity index (χ3n) is 11.3. The van der Waals surface area contributed by atoms with Gasteiger partial charge in [0.25, 0.3) is 0 Å². The lowest BCUT2D eigenvalue weighted by atomic mass is 9.85. The highest BCUT2D eigenvalue weighted by atomic mass is 14.8. The number of nitrogens with zero attached hydrogens (tertiary/aromatic N) is 4. The molecule has 0 aliphatic heterocycles. The lowest BCUT2D eigenvalue weighted by molar-refractivity contribution is 0.857. The Morgan fingerprint density at radius 1 is 0.367 bits per heavy atom. The van der Waals surface area contributed by atoms with E-state index in [1.165, 1.54) is 44.5 Å². The molecule has 6 aromatic carbocycles. The van der Waals surface area contributed by atoms with Crippen LogP contribution in [-0.4, -0.2) is 19.9 Å². The van der Waals surface area contributed by atoms with Crippen LogP contribution in [0.3, 0.4) is 0 Å². The van der Waals surface area contributed by atoms with Crippen molar-refractivity contribution in [3.63, 3.8) is 0 Å². The summed E-state index contributed by atoms with van der Waals surface area (Å²) in [6, 6.07) is 61.1. The summed E-state index contributed by atoms with van der Waals surface area (Å²) in [5.41, 5.74) is 19.5. The maximum absolute atomic E-state index is 4.58. The zero-order chi connectivity index (χ0) is 40.1. The van der Waals surface area contributed by atoms with Crippen molar-refractivity contribution < 1.29 is 0 Å². The molecule has 10 rings (SSSR count). The molecule has 1 unspecified atom stereocenters. The highest BCUT2D eigenvalue weighted by Gasteiger charge is 2.17. The maximum atomic E-state index is 4.58. The van der Waals surface area contributed by atoms with Crippen molar-refractivity contribution in [2.24, 2.45) is 0 Å². The second-order valence-electron chi connectivity index (χ2n) is 15.2. The van der Waals surface area contributed by atoms with E-state index < -0.39 is 0 Å². The molecule has 1 aliphatic carbocycles. The molecule has 3 aromatic heterocycles. The first kappa shape index (κ1) is 36.5. The quantitative estimate of drug-likeness (QED) is 0.147. The minimum absolute atomic E-state index is 0.237. The van der Waals surface area contributed by atoms with Crippen LogP contribution in [0.25, 0.3) is 83.6 Å². The minimum atomic E-state index is 0.237. The highest BCUT2D eigenvalue weighted by Crippen LogP contribution is 2.38. The van der Waals surface area contributed by atoms with E-state index in [4.69, 9.17) is 0 Å². The molecule has 4 heteroatoms. The fraction of sp³-hybridized carbons (Fsp3) is 0.0357. The molecular formula is C56H40N4. The number of allylic oxidation sites excluding steroid dienone is 4. The van der Waals surface area contributed by atoms with Crippen LogP contribution in [-0.2, 0) is 0 Å². The summed E-state index contributed by atoms with van der Waals surface area (Å²) >= 11 is 0. The Hall–Kier alpha value is -7.82. The van der Waals surface area contributed by atoms with Crippen molar-refractivity contribution in [3.8, 4) is 78.0 Å². The first-order chi connectivity index (χ1) is 29.7. The van der Waals surface area contributed by atoms with Gasteiger partial charge in [-0.3, -0.25) is 9.97 Å². The molecule has 1 atom stereocenters. The number of benzene rings is 6. The minimum Gasteiger partial charge on any atom is -0.264 e. The first-order valence-corrected chi connectivity index (χ1v) is 20.3. The van der Waals surface area contributed by atoms with E-state index in [0.717, 1.165) is 56.6 Å². The number of aromatic nitrogens is 4. The molecule has 0 N–H and O–H groups in total. The molecule has 0 bridgehead atoms. The van der Waals surface area contributed by atoms with Gasteiger partial charge in [-0.25, -0.2) is 9.97 Å². The fourth-order valence-electron chi connectivity index (χ4n) is 8.19. The zero-order valence-electron chi connectivity index (χ0n) is 32.9. The zero-order valence-corrected chi connectivity index (χ0v) is 32.9. The Morgan fingerprint density at radius 2 is 0.867 bits per heavy atom. The van der Waals surface area contributed by atoms with E-state index >= 15 is 0 Å². The predicted octanol–water partition coefficient (Wildman–Crippen LogP) is 14.1. The lowest BCUT2D eigenvalue weighted by Gasteiger charge is -2.20. The van der Waals surface area contributed by atoms with E-state index in [9.17, 15) is 0 Å². The SMILES string of the molecule is C1=CC(c2cc(-c3cccnc3)cc(-c3cccc(-c4cccc(-c5cccc(-c6ccccn6)c5)c4)c3)c2)=CC(c2cccc(-c3cccc(-c4cncnc4)c3)c2)C1. The van der Waals surface area contributed by atoms with Crippen LogP contribution in [0.4, 0.5) is 0 Å². The van der Waals surface area contributed by atoms with Gasteiger partial charge in [-0.15, -0.1) is 0 Å². The molecular weight excluding hydrogens is 729 g/mol. The van der Waals surface area contributed by atoms with Gasteiger partial charge in [-0.1, -0.05) is 127 Å². The second kappa shape index (κ2) is 16.6. The largest absolute Gasteiger partial charge is 0.264 e. The Kier molecular flexibility index (Phi) is 10.1. The third kappa shape index (κ3) is 7.87. The summed E-state index contributed by atoms with van der Waals surface area (Å²) in [5, 5.41) is 0. The van der Waals surface area contributed by atoms with Crippen molar-refractivity contribution in [3.05, 3.63) is 237 Å². The van der Waals surface area contributed by atoms with Crippen molar-refractivity contribution in [2.45, 2.75) is 12.3 Å². The maximum Gasteiger partial charge on any atom is 0.115 e. The molecule has 0 saturated heterocycles. The van der Waals surface area contributed by atoms with E-state index in [1.807, 2.05) is 49.2 Å². The standard InChI is InChI=1S/C56H40N4/c1-2-25-60-56(23-1)50-21-8-17-46(31-50)42-13-4-11-40(27-42)44-15-6-19-48(29-44)53-32-52(33-54(34-53)51-22-9-24-57-35-51)47-18-5-14-43(28-47)39-10-3-12-41(26-39)45-16-7-20-49(30-45)55-36-58-38-59-37-55/h1-13,15-38,43H,14H2. The number of hydrogen-bond donors (Lipinski definition) is 0. The molecule has 284 valence electrons. The van der Waals surface area contributed by atoms with Crippen LogP contribution in [0.5, 0.6) is 0 Å². The smallest absolute Gasteiger partial charge is 0.115 e. The molecule has 4 nitrogen and oxygen atoms in total. The van der Waals surface area contributed by atoms with E-state index in [2.05, 4.69) is 190 Å². The van der Waals surface area contributed by atoms with Gasteiger partial charge in [0, 0.05) is 53.6 Å². The van der Waals surface area contributed by atoms with Gasteiger partial charge in [0.15, 0.2) is 0 Å². The first-order valence-electron chi connectivity index (χ1n) is 20.3. The molecule has 0 amide bonds. The topological polar surface area (TPSA) is 51.6 Å². The van der Waals surface area contributed by atoms with Gasteiger partial charge in [-0.05, 0) is 139 Å². The van der Waals surface area contributed by atoms with Gasteiger partial charge in [0.05, 0.1) is 5.69 Å². The van der Waals surface area contributed by atoms with Crippen LogP contribution >= 0.6 is 0 Å². The van der Waals surface area contributed by atoms with Crippen molar-refractivity contribution in [1.82, 2.24) is 19.9 Å². The molecule has 3 heterocycles. The number of rotatable bonds is 9. The van der Waals surface area contributed by atoms with Crippen LogP contribution < -0.4 is 0 Å². The molecule has 0 saturated carbocycles. The summed E-state index contributed by atoms with van der Waals surface area (Å²) in [6.45, 7) is 0. The number of hydrogen-bond acceptors (Lipinski definition) is 4. The van der Waals surface area contributed by atoms with Gasteiger partial charge < -0.3 is 0 Å². The van der Waals surface area contributed by atoms with Crippen LogP contribution in [0.2, 0.25) is 0 Å². The predicted molar refractivity (Wildman–Crippen MR) is 247 cm³/mol. The lowest BCUT2D eigenvalue weighted by Crippen LogP contribution is -2.00. The van der Waals surface area contributed by atoms with Crippen LogP contribution in [0.15, 0.2) is 225 Å². The van der Waals surface area contributed by atoms with Crippen molar-refractivity contribution in [1.29, 1.82) is 0 Å². The molecule has 60 heavy (non-hydrogen) atoms. The normalized spacial score (nSPS) is 13.5. The average Bonchev–Trinajstić information content (AvgIpc) is 3.35. The molecule has 0 radical (unpaired) electrons. The second-order valence-corrected chi connectivity index (χ2v) is 15.2. The van der Waals surface area contributed by atoms with Crippen LogP contribution in [0, 0.1) is 0 Å². The van der Waals surface area contributed by atoms with E-state index in [-0.39, 0.29) is 5.92 Å². The van der Waals surface area contributed by atoms with Gasteiger partial charge in [-0.2, -0.15) is 0 Å². The van der Waals surface area contributed by atoms with Gasteiger partial charge >= 0.3 is 0 Å². The van der Waals surface area contributed by atoms with E-state index in [0.29, 0.717) is 0 Å². The van der Waals surface area contributed by atoms with Gasteiger partial charge in [0.2, 0.25) is 0 Å². The Labute approximate surface area is 351 Å². The highest BCUT2D eigenvalue weighted by molar-refractivity contribution is 5.86. The Morgan fingerprint density at radius 3 is 1.48 bits per heavy atom. The molecule has 1 aliphatic rings. The number of pyridine rings is 2. The Balaban J connectivity index is 0.983. The summed E-state index contributed by atoms with van der Waals surface area (Å²) in [7, 11) is 0.